The van der Waals surface area contributed by atoms with Crippen molar-refractivity contribution in [3.05, 3.63) is 35.4 Å². The predicted octanol–water partition coefficient (Wildman–Crippen LogP) is 2.55. The van der Waals surface area contributed by atoms with Crippen molar-refractivity contribution in [1.29, 1.82) is 0 Å². The number of piperidine rings is 1. The van der Waals surface area contributed by atoms with Crippen LogP contribution in [0.15, 0.2) is 24.3 Å². The van der Waals surface area contributed by atoms with Crippen molar-refractivity contribution < 1.29 is 14.3 Å². The van der Waals surface area contributed by atoms with Gasteiger partial charge in [0.25, 0.3) is 0 Å². The molecule has 1 aromatic rings. The minimum Gasteiger partial charge on any atom is -0.439 e. The Labute approximate surface area is 149 Å². The van der Waals surface area contributed by atoms with E-state index < -0.39 is 5.60 Å². The number of nitrogens with one attached hydrogen (secondary N) is 1. The summed E-state index contributed by atoms with van der Waals surface area (Å²) in [5, 5.41) is 3.00. The van der Waals surface area contributed by atoms with Crippen LogP contribution >= 0.6 is 0 Å². The Balaban J connectivity index is 1.43. The molecule has 2 aliphatic rings. The Bertz CT molecular complexity index is 631. The van der Waals surface area contributed by atoms with Gasteiger partial charge in [-0.2, -0.15) is 0 Å². The lowest BCUT2D eigenvalue weighted by Gasteiger charge is -2.38. The normalized spacial score (nSPS) is 23.0. The lowest BCUT2D eigenvalue weighted by Crippen LogP contribution is -2.54. The van der Waals surface area contributed by atoms with E-state index in [0.717, 1.165) is 25.7 Å². The van der Waals surface area contributed by atoms with Gasteiger partial charge in [0, 0.05) is 20.1 Å². The second-order valence-electron chi connectivity index (χ2n) is 7.25. The molecule has 1 spiro atoms. The van der Waals surface area contributed by atoms with Crippen LogP contribution < -0.4 is 5.32 Å². The maximum atomic E-state index is 12.4. The Morgan fingerprint density at radius 3 is 2.72 bits per heavy atom. The van der Waals surface area contributed by atoms with Crippen molar-refractivity contribution in [2.24, 2.45) is 0 Å². The summed E-state index contributed by atoms with van der Waals surface area (Å²) >= 11 is 0. The topological polar surface area (TPSA) is 61.9 Å². The average Bonchev–Trinajstić information content (AvgIpc) is 2.86. The van der Waals surface area contributed by atoms with Gasteiger partial charge in [-0.05, 0) is 38.2 Å². The van der Waals surface area contributed by atoms with E-state index in [9.17, 15) is 9.59 Å². The van der Waals surface area contributed by atoms with E-state index in [4.69, 9.17) is 4.74 Å². The van der Waals surface area contributed by atoms with Gasteiger partial charge in [-0.1, -0.05) is 29.8 Å². The summed E-state index contributed by atoms with van der Waals surface area (Å²) < 4.78 is 5.54. The molecule has 2 fully saturated rings. The zero-order valence-corrected chi connectivity index (χ0v) is 15.1. The van der Waals surface area contributed by atoms with E-state index in [1.807, 2.05) is 0 Å². The van der Waals surface area contributed by atoms with Crippen LogP contribution in [-0.2, 0) is 11.2 Å². The number of hydrogen-bond donors (Lipinski definition) is 1. The van der Waals surface area contributed by atoms with Crippen LogP contribution in [0.3, 0.4) is 0 Å². The molecule has 1 aromatic carbocycles. The number of rotatable bonds is 4. The number of nitrogens with zero attached hydrogens (tertiary/aromatic N) is 2. The summed E-state index contributed by atoms with van der Waals surface area (Å²) in [5.74, 6) is 0. The van der Waals surface area contributed by atoms with Gasteiger partial charge in [-0.15, -0.1) is 0 Å². The summed E-state index contributed by atoms with van der Waals surface area (Å²) in [5.41, 5.74) is 2.02. The molecule has 6 heteroatoms. The zero-order chi connectivity index (χ0) is 17.9. The quantitative estimate of drug-likeness (QED) is 0.853. The van der Waals surface area contributed by atoms with E-state index >= 15 is 0 Å². The number of carbonyl (C=O) groups excluding carboxylic acids is 2. The summed E-state index contributed by atoms with van der Waals surface area (Å²) in [6, 6.07) is 8.43. The summed E-state index contributed by atoms with van der Waals surface area (Å²) in [6.07, 6.45) is 3.25. The van der Waals surface area contributed by atoms with E-state index in [1.54, 1.807) is 16.8 Å². The first-order chi connectivity index (χ1) is 12.0. The van der Waals surface area contributed by atoms with Gasteiger partial charge >= 0.3 is 12.1 Å². The SMILES string of the molecule is Cc1ccc(CCCNC(=O)N2CCCC3(CN(C)C(=O)O3)C2)cc1. The molecular formula is C19H27N3O3. The van der Waals surface area contributed by atoms with Gasteiger partial charge in [-0.3, -0.25) is 0 Å². The van der Waals surface area contributed by atoms with Crippen LogP contribution in [-0.4, -0.2) is 60.8 Å². The third-order valence-corrected chi connectivity index (χ3v) is 5.01. The van der Waals surface area contributed by atoms with Crippen LogP contribution in [0.1, 0.15) is 30.4 Å². The molecule has 2 saturated heterocycles. The van der Waals surface area contributed by atoms with E-state index in [1.165, 1.54) is 11.1 Å². The van der Waals surface area contributed by atoms with Crippen molar-refractivity contribution in [2.45, 2.75) is 38.2 Å². The summed E-state index contributed by atoms with van der Waals surface area (Å²) in [7, 11) is 1.74. The summed E-state index contributed by atoms with van der Waals surface area (Å²) in [4.78, 5) is 27.5. The molecule has 3 amide bonds. The second-order valence-corrected chi connectivity index (χ2v) is 7.25. The third kappa shape index (κ3) is 4.24. The van der Waals surface area contributed by atoms with Crippen LogP contribution in [0.5, 0.6) is 0 Å². The maximum Gasteiger partial charge on any atom is 0.410 e. The molecule has 2 heterocycles. The fourth-order valence-corrected chi connectivity index (χ4v) is 3.63. The lowest BCUT2D eigenvalue weighted by atomic mass is 9.93. The molecule has 1 atom stereocenters. The van der Waals surface area contributed by atoms with Crippen molar-refractivity contribution in [3.63, 3.8) is 0 Å². The third-order valence-electron chi connectivity index (χ3n) is 5.01. The van der Waals surface area contributed by atoms with E-state index in [2.05, 4.69) is 36.5 Å². The van der Waals surface area contributed by atoms with Gasteiger partial charge in [-0.25, -0.2) is 9.59 Å². The molecule has 2 aliphatic heterocycles. The Kier molecular flexibility index (Phi) is 5.16. The minimum atomic E-state index is -0.524. The molecule has 0 aromatic heterocycles. The molecule has 25 heavy (non-hydrogen) atoms. The van der Waals surface area contributed by atoms with Gasteiger partial charge in [0.15, 0.2) is 0 Å². The molecule has 0 radical (unpaired) electrons. The number of likely N-dealkylation sites (tertiary alicyclic amines) is 1. The van der Waals surface area contributed by atoms with Crippen molar-refractivity contribution >= 4 is 12.1 Å². The first-order valence-electron chi connectivity index (χ1n) is 9.00. The maximum absolute atomic E-state index is 12.4. The van der Waals surface area contributed by atoms with Crippen molar-refractivity contribution in [1.82, 2.24) is 15.1 Å². The van der Waals surface area contributed by atoms with Gasteiger partial charge < -0.3 is 19.9 Å². The molecular weight excluding hydrogens is 318 g/mol. The summed E-state index contributed by atoms with van der Waals surface area (Å²) in [6.45, 7) is 4.48. The molecule has 1 N–H and O–H groups in total. The zero-order valence-electron chi connectivity index (χ0n) is 15.1. The smallest absolute Gasteiger partial charge is 0.410 e. The first-order valence-corrected chi connectivity index (χ1v) is 9.00. The Morgan fingerprint density at radius 1 is 1.28 bits per heavy atom. The molecule has 6 nitrogen and oxygen atoms in total. The number of benzene rings is 1. The highest BCUT2D eigenvalue weighted by Gasteiger charge is 2.47. The molecule has 1 unspecified atom stereocenters. The van der Waals surface area contributed by atoms with Crippen LogP contribution in [0, 0.1) is 6.92 Å². The lowest BCUT2D eigenvalue weighted by molar-refractivity contribution is 0.00324. The number of ether oxygens (including phenoxy) is 1. The number of carbonyl (C=O) groups is 2. The van der Waals surface area contributed by atoms with E-state index in [-0.39, 0.29) is 12.1 Å². The van der Waals surface area contributed by atoms with Gasteiger partial charge in [0.2, 0.25) is 0 Å². The predicted molar refractivity (Wildman–Crippen MR) is 95.5 cm³/mol. The van der Waals surface area contributed by atoms with Crippen LogP contribution in [0.2, 0.25) is 0 Å². The van der Waals surface area contributed by atoms with E-state index in [0.29, 0.717) is 26.2 Å². The minimum absolute atomic E-state index is 0.0615. The number of hydrogen-bond acceptors (Lipinski definition) is 3. The van der Waals surface area contributed by atoms with Gasteiger partial charge in [0.1, 0.15) is 5.60 Å². The number of likely N-dealkylation sites (N-methyl/N-ethyl adjacent to an activating group) is 1. The van der Waals surface area contributed by atoms with Crippen LogP contribution in [0.4, 0.5) is 9.59 Å². The molecule has 0 aliphatic carbocycles. The molecule has 136 valence electrons. The fraction of sp³-hybridized carbons (Fsp3) is 0.579. The largest absolute Gasteiger partial charge is 0.439 e. The highest BCUT2D eigenvalue weighted by Crippen LogP contribution is 2.31. The number of urea groups is 1. The number of amides is 3. The second kappa shape index (κ2) is 7.33. The Hall–Kier alpha value is -2.24. The molecule has 0 bridgehead atoms. The highest BCUT2D eigenvalue weighted by atomic mass is 16.6. The Morgan fingerprint density at radius 2 is 2.04 bits per heavy atom. The standard InChI is InChI=1S/C19H27N3O3/c1-15-6-8-16(9-7-15)5-3-11-20-17(23)22-12-4-10-19(14-22)13-21(2)18(24)25-19/h6-9H,3-5,10-14H2,1-2H3,(H,20,23). The van der Waals surface area contributed by atoms with Crippen molar-refractivity contribution in [2.75, 3.05) is 33.2 Å². The molecule has 3 rings (SSSR count). The van der Waals surface area contributed by atoms with Gasteiger partial charge in [0.05, 0.1) is 13.1 Å². The monoisotopic (exact) mass is 345 g/mol. The average molecular weight is 345 g/mol. The number of aryl methyl sites for hydroxylation is 2. The highest BCUT2D eigenvalue weighted by molar-refractivity contribution is 5.75. The molecule has 0 saturated carbocycles. The first kappa shape index (κ1) is 17.6. The van der Waals surface area contributed by atoms with Crippen LogP contribution in [0.25, 0.3) is 0 Å². The fourth-order valence-electron chi connectivity index (χ4n) is 3.63. The van der Waals surface area contributed by atoms with Crippen molar-refractivity contribution in [3.8, 4) is 0 Å².